The molecule has 0 spiro atoms. The third-order valence-corrected chi connectivity index (χ3v) is 5.13. The van der Waals surface area contributed by atoms with Gasteiger partial charge in [-0.3, -0.25) is 4.79 Å². The fourth-order valence-electron chi connectivity index (χ4n) is 2.11. The van der Waals surface area contributed by atoms with Crippen LogP contribution in [0.2, 0.25) is 0 Å². The number of piperidine rings is 1. The van der Waals surface area contributed by atoms with Gasteiger partial charge in [0.2, 0.25) is 10.0 Å². The maximum atomic E-state index is 11.7. The van der Waals surface area contributed by atoms with E-state index in [4.69, 9.17) is 5.11 Å². The summed E-state index contributed by atoms with van der Waals surface area (Å²) in [5.74, 6) is -0.743. The van der Waals surface area contributed by atoms with Crippen LogP contribution in [0.5, 0.6) is 0 Å². The van der Waals surface area contributed by atoms with E-state index in [2.05, 4.69) is 0 Å². The molecule has 0 radical (unpaired) electrons. The van der Waals surface area contributed by atoms with Crippen molar-refractivity contribution in [2.75, 3.05) is 12.3 Å². The largest absolute Gasteiger partial charge is 0.480 e. The van der Waals surface area contributed by atoms with Gasteiger partial charge in [0.15, 0.2) is 0 Å². The normalized spacial score (nSPS) is 27.9. The van der Waals surface area contributed by atoms with Crippen LogP contribution in [0.25, 0.3) is 0 Å². The molecule has 0 bridgehead atoms. The van der Waals surface area contributed by atoms with E-state index in [0.717, 1.165) is 17.1 Å². The molecule has 1 fully saturated rings. The van der Waals surface area contributed by atoms with Crippen molar-refractivity contribution in [3.8, 4) is 0 Å². The molecular formula is C10H19NO4S. The quantitative estimate of drug-likeness (QED) is 0.803. The number of hydrogen-bond acceptors (Lipinski definition) is 3. The van der Waals surface area contributed by atoms with Gasteiger partial charge in [0.25, 0.3) is 0 Å². The Morgan fingerprint density at radius 3 is 2.50 bits per heavy atom. The minimum absolute atomic E-state index is 0.0342. The molecule has 94 valence electrons. The minimum Gasteiger partial charge on any atom is -0.480 e. The van der Waals surface area contributed by atoms with Gasteiger partial charge in [-0.15, -0.1) is 0 Å². The topological polar surface area (TPSA) is 74.7 Å². The maximum Gasteiger partial charge on any atom is 0.322 e. The lowest BCUT2D eigenvalue weighted by molar-refractivity contribution is -0.143. The van der Waals surface area contributed by atoms with E-state index in [1.807, 2.05) is 6.92 Å². The molecule has 1 aliphatic rings. The van der Waals surface area contributed by atoms with Crippen LogP contribution < -0.4 is 0 Å². The van der Waals surface area contributed by atoms with Crippen LogP contribution in [-0.2, 0) is 14.8 Å². The highest BCUT2D eigenvalue weighted by Gasteiger charge is 2.38. The van der Waals surface area contributed by atoms with Gasteiger partial charge in [0.05, 0.1) is 5.75 Å². The molecule has 1 rings (SSSR count). The molecule has 0 amide bonds. The fourth-order valence-corrected chi connectivity index (χ4v) is 3.39. The van der Waals surface area contributed by atoms with Crippen LogP contribution >= 0.6 is 0 Å². The number of sulfonamides is 1. The molecular weight excluding hydrogens is 230 g/mol. The standard InChI is InChI=1S/C10H19NO4S/c1-3-8-5-6-11(16(14,15)4-2)9(7-8)10(12)13/h8-9H,3-7H2,1-2H3,(H,12,13). The summed E-state index contributed by atoms with van der Waals surface area (Å²) in [6.45, 7) is 3.89. The van der Waals surface area contributed by atoms with Crippen molar-refractivity contribution in [1.29, 1.82) is 0 Å². The van der Waals surface area contributed by atoms with Crippen molar-refractivity contribution in [3.63, 3.8) is 0 Å². The Morgan fingerprint density at radius 2 is 2.06 bits per heavy atom. The van der Waals surface area contributed by atoms with Crippen molar-refractivity contribution < 1.29 is 18.3 Å². The molecule has 0 aromatic carbocycles. The van der Waals surface area contributed by atoms with Crippen LogP contribution in [0.1, 0.15) is 33.1 Å². The summed E-state index contributed by atoms with van der Waals surface area (Å²) < 4.78 is 24.6. The Hall–Kier alpha value is -0.620. The second-order valence-corrected chi connectivity index (χ2v) is 6.37. The van der Waals surface area contributed by atoms with Crippen LogP contribution in [0, 0.1) is 5.92 Å². The van der Waals surface area contributed by atoms with Crippen LogP contribution in [0.3, 0.4) is 0 Å². The number of aliphatic carboxylic acids is 1. The summed E-state index contributed by atoms with van der Waals surface area (Å²) in [5, 5.41) is 9.07. The molecule has 0 aliphatic carbocycles. The van der Waals surface area contributed by atoms with Gasteiger partial charge in [-0.05, 0) is 25.7 Å². The molecule has 16 heavy (non-hydrogen) atoms. The Balaban J connectivity index is 2.89. The lowest BCUT2D eigenvalue weighted by Gasteiger charge is -2.35. The molecule has 2 atom stereocenters. The summed E-state index contributed by atoms with van der Waals surface area (Å²) in [6, 6.07) is -0.872. The van der Waals surface area contributed by atoms with Gasteiger partial charge >= 0.3 is 5.97 Å². The molecule has 1 heterocycles. The number of carboxylic acid groups (broad SMARTS) is 1. The smallest absolute Gasteiger partial charge is 0.322 e. The average Bonchev–Trinajstić information content (AvgIpc) is 2.28. The van der Waals surface area contributed by atoms with Crippen LogP contribution in [-0.4, -0.2) is 42.1 Å². The lowest BCUT2D eigenvalue weighted by Crippen LogP contribution is -2.50. The number of hydrogen-bond donors (Lipinski definition) is 1. The van der Waals surface area contributed by atoms with Gasteiger partial charge in [-0.1, -0.05) is 13.3 Å². The van der Waals surface area contributed by atoms with Crippen LogP contribution in [0.15, 0.2) is 0 Å². The zero-order valence-corrected chi connectivity index (χ0v) is 10.5. The molecule has 1 N–H and O–H groups in total. The Morgan fingerprint density at radius 1 is 1.44 bits per heavy atom. The van der Waals surface area contributed by atoms with E-state index >= 15 is 0 Å². The number of nitrogens with zero attached hydrogens (tertiary/aromatic N) is 1. The van der Waals surface area contributed by atoms with Gasteiger partial charge in [-0.2, -0.15) is 4.31 Å². The zero-order chi connectivity index (χ0) is 12.3. The molecule has 1 aliphatic heterocycles. The number of rotatable bonds is 4. The van der Waals surface area contributed by atoms with E-state index in [9.17, 15) is 13.2 Å². The highest BCUT2D eigenvalue weighted by Crippen LogP contribution is 2.27. The first-order chi connectivity index (χ1) is 7.42. The van der Waals surface area contributed by atoms with Crippen molar-refractivity contribution in [2.24, 2.45) is 5.92 Å². The Bertz CT molecular complexity index is 352. The summed E-state index contributed by atoms with van der Waals surface area (Å²) in [6.07, 6.45) is 2.11. The molecule has 0 aromatic rings. The first-order valence-electron chi connectivity index (χ1n) is 5.64. The van der Waals surface area contributed by atoms with Crippen molar-refractivity contribution >= 4 is 16.0 Å². The molecule has 1 saturated heterocycles. The zero-order valence-electron chi connectivity index (χ0n) is 9.72. The van der Waals surface area contributed by atoms with Gasteiger partial charge in [-0.25, -0.2) is 8.42 Å². The van der Waals surface area contributed by atoms with Crippen molar-refractivity contribution in [2.45, 2.75) is 39.2 Å². The summed E-state index contributed by atoms with van der Waals surface area (Å²) in [4.78, 5) is 11.1. The fraction of sp³-hybridized carbons (Fsp3) is 0.900. The Labute approximate surface area is 96.5 Å². The second kappa shape index (κ2) is 5.14. The SMILES string of the molecule is CCC1CCN(S(=O)(=O)CC)C(C(=O)O)C1. The lowest BCUT2D eigenvalue weighted by atomic mass is 9.90. The molecule has 0 aromatic heterocycles. The highest BCUT2D eigenvalue weighted by molar-refractivity contribution is 7.89. The van der Waals surface area contributed by atoms with E-state index in [1.54, 1.807) is 6.92 Å². The number of carbonyl (C=O) groups is 1. The van der Waals surface area contributed by atoms with E-state index in [0.29, 0.717) is 18.9 Å². The molecule has 5 nitrogen and oxygen atoms in total. The van der Waals surface area contributed by atoms with Crippen molar-refractivity contribution in [3.05, 3.63) is 0 Å². The maximum absolute atomic E-state index is 11.7. The average molecular weight is 249 g/mol. The van der Waals surface area contributed by atoms with Crippen LogP contribution in [0.4, 0.5) is 0 Å². The molecule has 2 unspecified atom stereocenters. The van der Waals surface area contributed by atoms with E-state index in [1.165, 1.54) is 0 Å². The minimum atomic E-state index is -3.39. The van der Waals surface area contributed by atoms with Gasteiger partial charge in [0.1, 0.15) is 6.04 Å². The van der Waals surface area contributed by atoms with E-state index < -0.39 is 22.0 Å². The van der Waals surface area contributed by atoms with Gasteiger partial charge < -0.3 is 5.11 Å². The second-order valence-electron chi connectivity index (χ2n) is 4.16. The first kappa shape index (κ1) is 13.4. The monoisotopic (exact) mass is 249 g/mol. The Kier molecular flexibility index (Phi) is 4.32. The first-order valence-corrected chi connectivity index (χ1v) is 7.25. The van der Waals surface area contributed by atoms with E-state index in [-0.39, 0.29) is 5.75 Å². The third kappa shape index (κ3) is 2.74. The summed E-state index contributed by atoms with van der Waals surface area (Å²) in [7, 11) is -3.39. The predicted octanol–water partition coefficient (Wildman–Crippen LogP) is 0.911. The highest BCUT2D eigenvalue weighted by atomic mass is 32.2. The predicted molar refractivity (Wildman–Crippen MR) is 60.6 cm³/mol. The molecule has 0 saturated carbocycles. The summed E-state index contributed by atoms with van der Waals surface area (Å²) >= 11 is 0. The van der Waals surface area contributed by atoms with Crippen molar-refractivity contribution in [1.82, 2.24) is 4.31 Å². The molecule has 6 heteroatoms. The summed E-state index contributed by atoms with van der Waals surface area (Å²) in [5.41, 5.74) is 0. The third-order valence-electron chi connectivity index (χ3n) is 3.25. The van der Waals surface area contributed by atoms with Gasteiger partial charge in [0, 0.05) is 6.54 Å². The number of carboxylic acids is 1.